The first kappa shape index (κ1) is 17.7. The van der Waals surface area contributed by atoms with Crippen LogP contribution in [0.3, 0.4) is 0 Å². The van der Waals surface area contributed by atoms with Crippen molar-refractivity contribution in [3.8, 4) is 11.5 Å². The summed E-state index contributed by atoms with van der Waals surface area (Å²) in [5, 5.41) is 11.4. The minimum atomic E-state index is -1.03. The Hall–Kier alpha value is -3.09. The van der Waals surface area contributed by atoms with Crippen molar-refractivity contribution in [1.29, 1.82) is 0 Å². The van der Waals surface area contributed by atoms with Crippen LogP contribution in [0.15, 0.2) is 42.5 Å². The van der Waals surface area contributed by atoms with Crippen molar-refractivity contribution in [2.24, 2.45) is 0 Å². The van der Waals surface area contributed by atoms with E-state index < -0.39 is 17.9 Å². The number of aliphatic carboxylic acids is 1. The number of carbonyl (C=O) groups is 2. The highest BCUT2D eigenvalue weighted by molar-refractivity contribution is 5.82. The van der Waals surface area contributed by atoms with Crippen LogP contribution in [0.5, 0.6) is 11.5 Å². The quantitative estimate of drug-likeness (QED) is 0.789. The van der Waals surface area contributed by atoms with Gasteiger partial charge in [0.1, 0.15) is 5.75 Å². The molecule has 7 heteroatoms. The summed E-state index contributed by atoms with van der Waals surface area (Å²) in [5.74, 6) is -1.14. The predicted octanol–water partition coefficient (Wildman–Crippen LogP) is 1.95. The van der Waals surface area contributed by atoms with Gasteiger partial charge >= 0.3 is 5.97 Å². The summed E-state index contributed by atoms with van der Waals surface area (Å²) in [7, 11) is 0. The summed E-state index contributed by atoms with van der Waals surface area (Å²) in [6.45, 7) is 0.0205. The smallest absolute Gasteiger partial charge is 0.341 e. The third-order valence-corrected chi connectivity index (χ3v) is 4.00. The Kier molecular flexibility index (Phi) is 5.36. The average molecular weight is 359 g/mol. The van der Waals surface area contributed by atoms with Gasteiger partial charge in [0.2, 0.25) is 0 Å². The molecule has 2 aromatic carbocycles. The minimum Gasteiger partial charge on any atom is -0.482 e. The third kappa shape index (κ3) is 4.30. The van der Waals surface area contributed by atoms with Crippen molar-refractivity contribution in [2.45, 2.75) is 18.9 Å². The Bertz CT molecular complexity index is 806. The van der Waals surface area contributed by atoms with Gasteiger partial charge in [-0.05, 0) is 30.2 Å². The van der Waals surface area contributed by atoms with Gasteiger partial charge in [0.25, 0.3) is 5.91 Å². The van der Waals surface area contributed by atoms with E-state index in [0.717, 1.165) is 5.56 Å². The van der Waals surface area contributed by atoms with Gasteiger partial charge in [0, 0.05) is 18.5 Å². The van der Waals surface area contributed by atoms with Crippen LogP contribution in [0.1, 0.15) is 11.1 Å². The molecule has 0 spiro atoms. The molecule has 0 saturated heterocycles. The zero-order valence-corrected chi connectivity index (χ0v) is 13.9. The number of rotatable bonds is 7. The van der Waals surface area contributed by atoms with Crippen molar-refractivity contribution in [1.82, 2.24) is 5.32 Å². The lowest BCUT2D eigenvalue weighted by molar-refractivity contribution is -0.139. The number of carbonyl (C=O) groups excluding carboxylic acids is 1. The van der Waals surface area contributed by atoms with E-state index in [4.69, 9.17) is 14.6 Å². The van der Waals surface area contributed by atoms with Gasteiger partial charge in [-0.3, -0.25) is 4.79 Å². The first-order chi connectivity index (χ1) is 12.5. The molecular weight excluding hydrogens is 341 g/mol. The van der Waals surface area contributed by atoms with Crippen molar-refractivity contribution in [3.05, 3.63) is 59.4 Å². The van der Waals surface area contributed by atoms with Crippen LogP contribution >= 0.6 is 0 Å². The van der Waals surface area contributed by atoms with Crippen molar-refractivity contribution in [3.63, 3.8) is 0 Å². The van der Waals surface area contributed by atoms with Gasteiger partial charge in [-0.1, -0.05) is 24.3 Å². The molecule has 1 unspecified atom stereocenters. The first-order valence-electron chi connectivity index (χ1n) is 8.18. The Morgan fingerprint density at radius 1 is 1.23 bits per heavy atom. The molecule has 1 heterocycles. The van der Waals surface area contributed by atoms with Crippen LogP contribution in [0.25, 0.3) is 0 Å². The standard InChI is InChI=1S/C19H18FNO5/c20-15-3-1-2-13-10-16(26-18(13)15)19(24)21-9-8-12-4-6-14(7-5-12)25-11-17(22)23/h1-7,16H,8-11H2,(H,21,24)(H,22,23). The zero-order valence-electron chi connectivity index (χ0n) is 13.9. The highest BCUT2D eigenvalue weighted by Gasteiger charge is 2.30. The van der Waals surface area contributed by atoms with E-state index in [1.165, 1.54) is 6.07 Å². The Balaban J connectivity index is 1.44. The number of hydrogen-bond donors (Lipinski definition) is 2. The molecule has 1 aliphatic rings. The van der Waals surface area contributed by atoms with Crippen LogP contribution < -0.4 is 14.8 Å². The van der Waals surface area contributed by atoms with Crippen molar-refractivity contribution >= 4 is 11.9 Å². The SMILES string of the molecule is O=C(O)COc1ccc(CCNC(=O)C2Cc3cccc(F)c3O2)cc1. The molecule has 2 N–H and O–H groups in total. The predicted molar refractivity (Wildman–Crippen MR) is 90.8 cm³/mol. The highest BCUT2D eigenvalue weighted by atomic mass is 19.1. The van der Waals surface area contributed by atoms with E-state index in [0.29, 0.717) is 30.7 Å². The van der Waals surface area contributed by atoms with E-state index in [1.807, 2.05) is 0 Å². The number of carboxylic acids is 1. The fourth-order valence-electron chi connectivity index (χ4n) is 2.72. The zero-order chi connectivity index (χ0) is 18.5. The molecule has 1 atom stereocenters. The average Bonchev–Trinajstić information content (AvgIpc) is 3.07. The van der Waals surface area contributed by atoms with Crippen LogP contribution in [-0.2, 0) is 22.4 Å². The molecule has 0 aromatic heterocycles. The van der Waals surface area contributed by atoms with Crippen LogP contribution in [-0.4, -0.2) is 36.2 Å². The second-order valence-corrected chi connectivity index (χ2v) is 5.91. The number of benzene rings is 2. The number of fused-ring (bicyclic) bond motifs is 1. The lowest BCUT2D eigenvalue weighted by Crippen LogP contribution is -2.38. The molecule has 6 nitrogen and oxygen atoms in total. The van der Waals surface area contributed by atoms with Crippen LogP contribution in [0.4, 0.5) is 4.39 Å². The summed E-state index contributed by atoms with van der Waals surface area (Å²) in [6, 6.07) is 11.6. The topological polar surface area (TPSA) is 84.9 Å². The molecule has 0 radical (unpaired) electrons. The lowest BCUT2D eigenvalue weighted by atomic mass is 10.1. The summed E-state index contributed by atoms with van der Waals surface area (Å²) < 4.78 is 24.1. The number of para-hydroxylation sites is 1. The molecule has 1 amide bonds. The molecule has 26 heavy (non-hydrogen) atoms. The van der Waals surface area contributed by atoms with E-state index in [-0.39, 0.29) is 18.3 Å². The summed E-state index contributed by atoms with van der Waals surface area (Å²) in [5.41, 5.74) is 1.66. The lowest BCUT2D eigenvalue weighted by Gasteiger charge is -2.11. The van der Waals surface area contributed by atoms with Crippen LogP contribution in [0, 0.1) is 5.82 Å². The molecule has 0 fully saturated rings. The van der Waals surface area contributed by atoms with Gasteiger partial charge in [-0.15, -0.1) is 0 Å². The maximum absolute atomic E-state index is 13.6. The Morgan fingerprint density at radius 3 is 2.69 bits per heavy atom. The number of nitrogens with one attached hydrogen (secondary N) is 1. The van der Waals surface area contributed by atoms with Crippen LogP contribution in [0.2, 0.25) is 0 Å². The van der Waals surface area contributed by atoms with E-state index in [1.54, 1.807) is 36.4 Å². The van der Waals surface area contributed by atoms with E-state index in [9.17, 15) is 14.0 Å². The maximum atomic E-state index is 13.6. The summed E-state index contributed by atoms with van der Waals surface area (Å²) in [4.78, 5) is 22.6. The van der Waals surface area contributed by atoms with Gasteiger partial charge in [-0.25, -0.2) is 9.18 Å². The maximum Gasteiger partial charge on any atom is 0.341 e. The number of halogens is 1. The fraction of sp³-hybridized carbons (Fsp3) is 0.263. The van der Waals surface area contributed by atoms with Gasteiger partial charge in [0.05, 0.1) is 0 Å². The molecule has 1 aliphatic heterocycles. The van der Waals surface area contributed by atoms with Gasteiger partial charge in [-0.2, -0.15) is 0 Å². The van der Waals surface area contributed by atoms with E-state index in [2.05, 4.69) is 5.32 Å². The monoisotopic (exact) mass is 359 g/mol. The molecule has 0 bridgehead atoms. The van der Waals surface area contributed by atoms with Gasteiger partial charge in [0.15, 0.2) is 24.3 Å². The van der Waals surface area contributed by atoms with Crippen molar-refractivity contribution < 1.29 is 28.6 Å². The second kappa shape index (κ2) is 7.86. The number of ether oxygens (including phenoxy) is 2. The number of hydrogen-bond acceptors (Lipinski definition) is 4. The molecule has 0 aliphatic carbocycles. The summed E-state index contributed by atoms with van der Waals surface area (Å²) >= 11 is 0. The van der Waals surface area contributed by atoms with Crippen molar-refractivity contribution in [2.75, 3.05) is 13.2 Å². The summed E-state index contributed by atoms with van der Waals surface area (Å²) in [6.07, 6.45) is 0.238. The van der Waals surface area contributed by atoms with E-state index >= 15 is 0 Å². The molecule has 0 saturated carbocycles. The minimum absolute atomic E-state index is 0.157. The number of amides is 1. The van der Waals surface area contributed by atoms with Gasteiger partial charge < -0.3 is 19.9 Å². The largest absolute Gasteiger partial charge is 0.482 e. The third-order valence-electron chi connectivity index (χ3n) is 4.00. The number of carboxylic acid groups (broad SMARTS) is 1. The highest BCUT2D eigenvalue weighted by Crippen LogP contribution is 2.31. The Morgan fingerprint density at radius 2 is 2.00 bits per heavy atom. The Labute approximate surface area is 149 Å². The molecule has 2 aromatic rings. The molecule has 136 valence electrons. The fourth-order valence-corrected chi connectivity index (χ4v) is 2.72. The normalized spacial score (nSPS) is 15.0. The molecule has 3 rings (SSSR count). The second-order valence-electron chi connectivity index (χ2n) is 5.91. The first-order valence-corrected chi connectivity index (χ1v) is 8.18. The molecular formula is C19H18FNO5.